The SMILES string of the molecule is CCCCCCCC[n+]1ccccc1CCc1ccccc1NNC(=O)c1ccccc1CO. The van der Waals surface area contributed by atoms with Crippen LogP contribution in [0, 0.1) is 0 Å². The zero-order valence-electron chi connectivity index (χ0n) is 20.3. The number of pyridine rings is 1. The second-order valence-electron chi connectivity index (χ2n) is 8.70. The van der Waals surface area contributed by atoms with Crippen molar-refractivity contribution in [1.29, 1.82) is 0 Å². The number of hydrogen-bond acceptors (Lipinski definition) is 3. The molecule has 0 bridgehead atoms. The Labute approximate surface area is 203 Å². The Hall–Kier alpha value is -3.18. The number of aliphatic hydroxyl groups excluding tert-OH is 1. The molecule has 0 aliphatic carbocycles. The van der Waals surface area contributed by atoms with E-state index in [4.69, 9.17) is 0 Å². The third-order valence-electron chi connectivity index (χ3n) is 6.20. The summed E-state index contributed by atoms with van der Waals surface area (Å²) in [6.45, 7) is 3.14. The van der Waals surface area contributed by atoms with Gasteiger partial charge in [0, 0.05) is 30.5 Å². The van der Waals surface area contributed by atoms with Gasteiger partial charge in [-0.2, -0.15) is 0 Å². The number of hydrogen-bond donors (Lipinski definition) is 3. The smallest absolute Gasteiger partial charge is 0.269 e. The van der Waals surface area contributed by atoms with Crippen LogP contribution < -0.4 is 15.4 Å². The maximum Gasteiger partial charge on any atom is 0.269 e. The number of carbonyl (C=O) groups excluding carboxylic acids is 1. The molecule has 3 rings (SSSR count). The van der Waals surface area contributed by atoms with E-state index in [9.17, 15) is 9.90 Å². The van der Waals surface area contributed by atoms with E-state index in [0.29, 0.717) is 11.1 Å². The van der Waals surface area contributed by atoms with E-state index < -0.39 is 0 Å². The molecule has 2 aromatic carbocycles. The highest BCUT2D eigenvalue weighted by atomic mass is 16.3. The molecule has 3 N–H and O–H groups in total. The van der Waals surface area contributed by atoms with Crippen LogP contribution in [0.4, 0.5) is 5.69 Å². The van der Waals surface area contributed by atoms with Crippen LogP contribution in [0.15, 0.2) is 72.9 Å². The molecule has 1 heterocycles. The molecule has 0 radical (unpaired) electrons. The number of benzene rings is 2. The molecule has 0 aliphatic heterocycles. The van der Waals surface area contributed by atoms with Gasteiger partial charge in [-0.3, -0.25) is 15.6 Å². The van der Waals surface area contributed by atoms with E-state index >= 15 is 0 Å². The van der Waals surface area contributed by atoms with Gasteiger partial charge in [0.25, 0.3) is 5.91 Å². The summed E-state index contributed by atoms with van der Waals surface area (Å²) in [6, 6.07) is 21.6. The van der Waals surface area contributed by atoms with Gasteiger partial charge < -0.3 is 5.11 Å². The number of nitrogens with zero attached hydrogens (tertiary/aromatic N) is 1. The molecule has 1 amide bonds. The Kier molecular flexibility index (Phi) is 10.6. The van der Waals surface area contributed by atoms with Crippen molar-refractivity contribution >= 4 is 11.6 Å². The highest BCUT2D eigenvalue weighted by Gasteiger charge is 2.13. The minimum Gasteiger partial charge on any atom is -0.392 e. The monoisotopic (exact) mass is 460 g/mol. The van der Waals surface area contributed by atoms with Gasteiger partial charge in [0.05, 0.1) is 12.3 Å². The van der Waals surface area contributed by atoms with Crippen LogP contribution in [-0.2, 0) is 26.0 Å². The summed E-state index contributed by atoms with van der Waals surface area (Å²) in [5, 5.41) is 9.50. The third kappa shape index (κ3) is 7.70. The lowest BCUT2D eigenvalue weighted by Crippen LogP contribution is -2.38. The van der Waals surface area contributed by atoms with Crippen molar-refractivity contribution in [2.75, 3.05) is 5.43 Å². The zero-order valence-corrected chi connectivity index (χ0v) is 20.3. The normalized spacial score (nSPS) is 10.8. The van der Waals surface area contributed by atoms with Gasteiger partial charge in [-0.05, 0) is 36.1 Å². The molecule has 3 aromatic rings. The van der Waals surface area contributed by atoms with E-state index in [1.165, 1.54) is 44.2 Å². The topological polar surface area (TPSA) is 65.2 Å². The lowest BCUT2D eigenvalue weighted by atomic mass is 10.1. The summed E-state index contributed by atoms with van der Waals surface area (Å²) >= 11 is 0. The van der Waals surface area contributed by atoms with Gasteiger partial charge in [-0.1, -0.05) is 75.1 Å². The molecule has 0 spiro atoms. The number of anilines is 1. The first-order chi connectivity index (χ1) is 16.7. The van der Waals surface area contributed by atoms with E-state index in [1.807, 2.05) is 24.3 Å². The molecule has 0 saturated carbocycles. The number of aromatic nitrogens is 1. The van der Waals surface area contributed by atoms with E-state index in [-0.39, 0.29) is 12.5 Å². The third-order valence-corrected chi connectivity index (χ3v) is 6.20. The minimum atomic E-state index is -0.265. The average Bonchev–Trinajstić information content (AvgIpc) is 2.89. The number of carbonyl (C=O) groups is 1. The van der Waals surface area contributed by atoms with E-state index in [0.717, 1.165) is 30.6 Å². The lowest BCUT2D eigenvalue weighted by Gasteiger charge is -2.14. The van der Waals surface area contributed by atoms with Crippen LogP contribution in [0.2, 0.25) is 0 Å². The number of para-hydroxylation sites is 1. The first kappa shape index (κ1) is 25.4. The van der Waals surface area contributed by atoms with Crippen molar-refractivity contribution in [2.24, 2.45) is 0 Å². The molecule has 5 nitrogen and oxygen atoms in total. The standard InChI is InChI=1S/C29H37N3O2/c1-2-3-4-5-6-12-21-32-22-13-11-16-26(32)20-19-24-14-8-10-18-28(24)30-31-29(34)27-17-9-7-15-25(27)23-33/h7-11,13-18,22,30,33H,2-6,12,19-21,23H2,1H3/p+1. The second-order valence-corrected chi connectivity index (χ2v) is 8.70. The van der Waals surface area contributed by atoms with Gasteiger partial charge >= 0.3 is 0 Å². The van der Waals surface area contributed by atoms with E-state index in [1.54, 1.807) is 18.2 Å². The largest absolute Gasteiger partial charge is 0.392 e. The molecule has 0 saturated heterocycles. The van der Waals surface area contributed by atoms with Gasteiger partial charge in [0.1, 0.15) is 6.54 Å². The van der Waals surface area contributed by atoms with Crippen LogP contribution in [-0.4, -0.2) is 11.0 Å². The van der Waals surface area contributed by atoms with Gasteiger partial charge in [0.2, 0.25) is 0 Å². The predicted molar refractivity (Wildman–Crippen MR) is 137 cm³/mol. The fraction of sp³-hybridized carbons (Fsp3) is 0.379. The van der Waals surface area contributed by atoms with Crippen LogP contribution in [0.3, 0.4) is 0 Å². The van der Waals surface area contributed by atoms with Crippen molar-refractivity contribution in [1.82, 2.24) is 5.43 Å². The number of nitrogens with one attached hydrogen (secondary N) is 2. The fourth-order valence-corrected chi connectivity index (χ4v) is 4.21. The Balaban J connectivity index is 1.57. The summed E-state index contributed by atoms with van der Waals surface area (Å²) in [6.07, 6.45) is 11.8. The summed E-state index contributed by atoms with van der Waals surface area (Å²) < 4.78 is 2.38. The number of aliphatic hydroxyl groups is 1. The Morgan fingerprint density at radius 1 is 0.824 bits per heavy atom. The average molecular weight is 461 g/mol. The second kappa shape index (κ2) is 14.2. The van der Waals surface area contributed by atoms with Gasteiger partial charge in [0.15, 0.2) is 11.9 Å². The van der Waals surface area contributed by atoms with Gasteiger partial charge in [-0.25, -0.2) is 4.57 Å². The minimum absolute atomic E-state index is 0.171. The number of aryl methyl sites for hydroxylation is 3. The molecular weight excluding hydrogens is 422 g/mol. The van der Waals surface area contributed by atoms with Crippen molar-refractivity contribution < 1.29 is 14.5 Å². The summed E-state index contributed by atoms with van der Waals surface area (Å²) in [7, 11) is 0. The lowest BCUT2D eigenvalue weighted by molar-refractivity contribution is -0.704. The first-order valence-electron chi connectivity index (χ1n) is 12.5. The van der Waals surface area contributed by atoms with Crippen LogP contribution in [0.1, 0.15) is 72.6 Å². The van der Waals surface area contributed by atoms with Gasteiger partial charge in [-0.15, -0.1) is 0 Å². The Morgan fingerprint density at radius 3 is 2.35 bits per heavy atom. The zero-order chi connectivity index (χ0) is 24.0. The summed E-state index contributed by atoms with van der Waals surface area (Å²) in [5.41, 5.74) is 10.3. The van der Waals surface area contributed by atoms with Crippen molar-refractivity contribution in [3.8, 4) is 0 Å². The highest BCUT2D eigenvalue weighted by molar-refractivity contribution is 5.96. The van der Waals surface area contributed by atoms with Crippen molar-refractivity contribution in [3.05, 3.63) is 95.3 Å². The number of hydrazine groups is 1. The van der Waals surface area contributed by atoms with Crippen molar-refractivity contribution in [3.63, 3.8) is 0 Å². The summed E-state index contributed by atoms with van der Waals surface area (Å²) in [4.78, 5) is 12.6. The molecule has 0 unspecified atom stereocenters. The Morgan fingerprint density at radius 2 is 1.53 bits per heavy atom. The van der Waals surface area contributed by atoms with Crippen LogP contribution >= 0.6 is 0 Å². The first-order valence-corrected chi connectivity index (χ1v) is 12.5. The maximum atomic E-state index is 12.6. The Bertz CT molecular complexity index is 1040. The molecule has 34 heavy (non-hydrogen) atoms. The molecule has 180 valence electrons. The number of unbranched alkanes of at least 4 members (excludes halogenated alkanes) is 5. The number of rotatable bonds is 14. The van der Waals surface area contributed by atoms with Crippen LogP contribution in [0.25, 0.3) is 0 Å². The van der Waals surface area contributed by atoms with Crippen molar-refractivity contribution in [2.45, 2.75) is 71.4 Å². The quantitative estimate of drug-likeness (QED) is 0.172. The highest BCUT2D eigenvalue weighted by Crippen LogP contribution is 2.17. The summed E-state index contributed by atoms with van der Waals surface area (Å²) in [5.74, 6) is -0.265. The van der Waals surface area contributed by atoms with E-state index in [2.05, 4.69) is 52.8 Å². The number of amides is 1. The molecule has 0 fully saturated rings. The molecule has 5 heteroatoms. The predicted octanol–water partition coefficient (Wildman–Crippen LogP) is 5.37. The fourth-order valence-electron chi connectivity index (χ4n) is 4.21. The van der Waals surface area contributed by atoms with Crippen LogP contribution in [0.5, 0.6) is 0 Å². The molecule has 0 atom stereocenters. The molecule has 1 aromatic heterocycles. The molecule has 0 aliphatic rings. The maximum absolute atomic E-state index is 12.6. The molecular formula is C29H38N3O2+.